The molecule has 0 unspecified atom stereocenters. The molecule has 7 aromatic rings. The molecule has 3 nitrogen and oxygen atoms in total. The Morgan fingerprint density at radius 3 is 2.08 bits per heavy atom. The Bertz CT molecular complexity index is 1890. The lowest BCUT2D eigenvalue weighted by Gasteiger charge is -2.08. The number of fused-ring (bicyclic) bond motifs is 4. The van der Waals surface area contributed by atoms with Crippen LogP contribution in [-0.2, 0) is 0 Å². The lowest BCUT2D eigenvalue weighted by Crippen LogP contribution is -1.86. The van der Waals surface area contributed by atoms with Gasteiger partial charge in [-0.25, -0.2) is 9.37 Å². The number of aromatic nitrogens is 2. The third-order valence-electron chi connectivity index (χ3n) is 6.67. The standard InChI is InChI=1S/C32H19FN2O/c33-26-13-10-20(11-14-26)22-8-6-21-7-9-23(18-25(21)17-22)24-12-15-30(35-19-24)29-4-1-3-27-28-5-2-16-34-32(28)36-31(27)29/h1-19H. The second kappa shape index (κ2) is 8.14. The average Bonchev–Trinajstić information content (AvgIpc) is 3.32. The van der Waals surface area contributed by atoms with Crippen molar-refractivity contribution >= 4 is 32.8 Å². The van der Waals surface area contributed by atoms with Crippen LogP contribution in [-0.4, -0.2) is 9.97 Å². The summed E-state index contributed by atoms with van der Waals surface area (Å²) in [5.41, 5.74) is 7.39. The molecule has 0 aliphatic heterocycles. The molecule has 0 amide bonds. The van der Waals surface area contributed by atoms with E-state index in [4.69, 9.17) is 9.40 Å². The molecule has 0 spiro atoms. The van der Waals surface area contributed by atoms with Gasteiger partial charge in [-0.1, -0.05) is 54.6 Å². The summed E-state index contributed by atoms with van der Waals surface area (Å²) in [7, 11) is 0. The largest absolute Gasteiger partial charge is 0.437 e. The molecule has 0 radical (unpaired) electrons. The van der Waals surface area contributed by atoms with Gasteiger partial charge in [0, 0.05) is 34.3 Å². The first-order valence-electron chi connectivity index (χ1n) is 11.8. The van der Waals surface area contributed by atoms with Gasteiger partial charge in [0.15, 0.2) is 0 Å². The Labute approximate surface area is 206 Å². The zero-order valence-corrected chi connectivity index (χ0v) is 19.2. The molecule has 3 aromatic heterocycles. The SMILES string of the molecule is Fc1ccc(-c2ccc3ccc(-c4ccc(-c5cccc6c5oc5ncccc56)nc4)cc3c2)cc1. The summed E-state index contributed by atoms with van der Waals surface area (Å²) in [6.07, 6.45) is 3.64. The number of benzene rings is 4. The van der Waals surface area contributed by atoms with E-state index >= 15 is 0 Å². The third-order valence-corrected chi connectivity index (χ3v) is 6.67. The van der Waals surface area contributed by atoms with Gasteiger partial charge in [-0.15, -0.1) is 0 Å². The first-order chi connectivity index (χ1) is 17.7. The predicted molar refractivity (Wildman–Crippen MR) is 143 cm³/mol. The zero-order valence-electron chi connectivity index (χ0n) is 19.2. The van der Waals surface area contributed by atoms with Crippen molar-refractivity contribution in [1.82, 2.24) is 9.97 Å². The number of hydrogen-bond donors (Lipinski definition) is 0. The van der Waals surface area contributed by atoms with E-state index in [0.717, 1.165) is 60.6 Å². The number of nitrogens with zero attached hydrogens (tertiary/aromatic N) is 2. The van der Waals surface area contributed by atoms with Crippen molar-refractivity contribution in [3.8, 4) is 33.5 Å². The summed E-state index contributed by atoms with van der Waals surface area (Å²) < 4.78 is 19.4. The maximum Gasteiger partial charge on any atom is 0.227 e. The second-order valence-corrected chi connectivity index (χ2v) is 8.86. The van der Waals surface area contributed by atoms with Crippen molar-refractivity contribution < 1.29 is 8.81 Å². The van der Waals surface area contributed by atoms with Crippen LogP contribution in [0.5, 0.6) is 0 Å². The van der Waals surface area contributed by atoms with E-state index < -0.39 is 0 Å². The fourth-order valence-corrected chi connectivity index (χ4v) is 4.81. The van der Waals surface area contributed by atoms with Crippen LogP contribution in [0.3, 0.4) is 0 Å². The molecule has 0 N–H and O–H groups in total. The molecule has 0 bridgehead atoms. The molecule has 4 heteroatoms. The molecule has 3 heterocycles. The highest BCUT2D eigenvalue weighted by Gasteiger charge is 2.13. The number of halogens is 1. The van der Waals surface area contributed by atoms with Crippen molar-refractivity contribution in [3.63, 3.8) is 0 Å². The van der Waals surface area contributed by atoms with Gasteiger partial charge in [-0.2, -0.15) is 0 Å². The normalized spacial score (nSPS) is 11.5. The molecule has 0 saturated carbocycles. The smallest absolute Gasteiger partial charge is 0.227 e. The number of pyridine rings is 2. The van der Waals surface area contributed by atoms with Crippen molar-refractivity contribution in [3.05, 3.63) is 121 Å². The molecule has 0 saturated heterocycles. The summed E-state index contributed by atoms with van der Waals surface area (Å²) in [4.78, 5) is 9.14. The second-order valence-electron chi connectivity index (χ2n) is 8.86. The van der Waals surface area contributed by atoms with E-state index in [2.05, 4.69) is 53.5 Å². The van der Waals surface area contributed by atoms with E-state index in [9.17, 15) is 4.39 Å². The molecule has 36 heavy (non-hydrogen) atoms. The van der Waals surface area contributed by atoms with Gasteiger partial charge in [-0.3, -0.25) is 4.98 Å². The van der Waals surface area contributed by atoms with Crippen molar-refractivity contribution in [2.45, 2.75) is 0 Å². The molecule has 4 aromatic carbocycles. The highest BCUT2D eigenvalue weighted by Crippen LogP contribution is 2.35. The number of para-hydroxylation sites is 1. The molecule has 170 valence electrons. The predicted octanol–water partition coefficient (Wildman–Crippen LogP) is 8.67. The average molecular weight is 467 g/mol. The minimum Gasteiger partial charge on any atom is -0.437 e. The topological polar surface area (TPSA) is 38.9 Å². The molecule has 7 rings (SSSR count). The minimum absolute atomic E-state index is 0.231. The first kappa shape index (κ1) is 20.5. The maximum atomic E-state index is 13.3. The van der Waals surface area contributed by atoms with Gasteiger partial charge in [-0.05, 0) is 76.0 Å². The van der Waals surface area contributed by atoms with Crippen LogP contribution < -0.4 is 0 Å². The first-order valence-corrected chi connectivity index (χ1v) is 11.8. The molecular weight excluding hydrogens is 447 g/mol. The van der Waals surface area contributed by atoms with E-state index in [1.54, 1.807) is 6.20 Å². The van der Waals surface area contributed by atoms with Gasteiger partial charge in [0.2, 0.25) is 5.71 Å². The van der Waals surface area contributed by atoms with Gasteiger partial charge in [0.25, 0.3) is 0 Å². The van der Waals surface area contributed by atoms with E-state index in [1.807, 2.05) is 48.7 Å². The highest BCUT2D eigenvalue weighted by molar-refractivity contribution is 6.08. The molecule has 0 aliphatic rings. The number of hydrogen-bond acceptors (Lipinski definition) is 3. The van der Waals surface area contributed by atoms with Crippen LogP contribution in [0.15, 0.2) is 120 Å². The number of rotatable bonds is 3. The lowest BCUT2D eigenvalue weighted by atomic mass is 9.98. The Hall–Kier alpha value is -4.83. The summed E-state index contributed by atoms with van der Waals surface area (Å²) >= 11 is 0. The molecule has 0 fully saturated rings. The van der Waals surface area contributed by atoms with Crippen LogP contribution in [0.25, 0.3) is 66.4 Å². The Balaban J connectivity index is 1.26. The quantitative estimate of drug-likeness (QED) is 0.261. The van der Waals surface area contributed by atoms with Crippen molar-refractivity contribution in [2.24, 2.45) is 0 Å². The zero-order chi connectivity index (χ0) is 24.1. The van der Waals surface area contributed by atoms with Crippen LogP contribution in [0.2, 0.25) is 0 Å². The van der Waals surface area contributed by atoms with Crippen LogP contribution in [0.1, 0.15) is 0 Å². The summed E-state index contributed by atoms with van der Waals surface area (Å²) in [6.45, 7) is 0. The van der Waals surface area contributed by atoms with E-state index in [0.29, 0.717) is 5.71 Å². The third kappa shape index (κ3) is 3.43. The van der Waals surface area contributed by atoms with Gasteiger partial charge in [0.05, 0.1) is 5.69 Å². The molecule has 0 atom stereocenters. The summed E-state index contributed by atoms with van der Waals surface area (Å²) in [6, 6.07) is 33.5. The van der Waals surface area contributed by atoms with Gasteiger partial charge in [0.1, 0.15) is 11.4 Å². The minimum atomic E-state index is -0.231. The van der Waals surface area contributed by atoms with Gasteiger partial charge < -0.3 is 4.42 Å². The summed E-state index contributed by atoms with van der Waals surface area (Å²) in [5, 5.41) is 4.31. The fourth-order valence-electron chi connectivity index (χ4n) is 4.81. The molecule has 0 aliphatic carbocycles. The van der Waals surface area contributed by atoms with E-state index in [-0.39, 0.29) is 5.82 Å². The lowest BCUT2D eigenvalue weighted by molar-refractivity contribution is 0.628. The van der Waals surface area contributed by atoms with E-state index in [1.165, 1.54) is 12.1 Å². The van der Waals surface area contributed by atoms with Crippen LogP contribution >= 0.6 is 0 Å². The van der Waals surface area contributed by atoms with Crippen LogP contribution in [0, 0.1) is 5.82 Å². The Morgan fingerprint density at radius 2 is 1.31 bits per heavy atom. The maximum absolute atomic E-state index is 13.3. The molecular formula is C32H19FN2O. The number of furan rings is 1. The monoisotopic (exact) mass is 466 g/mol. The van der Waals surface area contributed by atoms with Crippen LogP contribution in [0.4, 0.5) is 4.39 Å². The van der Waals surface area contributed by atoms with Crippen molar-refractivity contribution in [2.75, 3.05) is 0 Å². The fraction of sp³-hybridized carbons (Fsp3) is 0. The Morgan fingerprint density at radius 1 is 0.583 bits per heavy atom. The highest BCUT2D eigenvalue weighted by atomic mass is 19.1. The Kier molecular flexibility index (Phi) is 4.64. The van der Waals surface area contributed by atoms with Gasteiger partial charge >= 0.3 is 0 Å². The summed E-state index contributed by atoms with van der Waals surface area (Å²) in [5.74, 6) is -0.231. The van der Waals surface area contributed by atoms with Crippen molar-refractivity contribution in [1.29, 1.82) is 0 Å².